The molecule has 0 bridgehead atoms. The first-order valence-corrected chi connectivity index (χ1v) is 12.4. The topological polar surface area (TPSA) is 34.0 Å². The number of benzene rings is 3. The molecule has 3 nitrogen and oxygen atoms in total. The van der Waals surface area contributed by atoms with Crippen molar-refractivity contribution in [2.24, 2.45) is 0 Å². The highest BCUT2D eigenvalue weighted by molar-refractivity contribution is 5.94. The second kappa shape index (κ2) is 10.1. The summed E-state index contributed by atoms with van der Waals surface area (Å²) in [5.74, 6) is 0.247. The van der Waals surface area contributed by atoms with Gasteiger partial charge in [-0.25, -0.2) is 0 Å². The van der Waals surface area contributed by atoms with Crippen molar-refractivity contribution in [1.29, 1.82) is 0 Å². The van der Waals surface area contributed by atoms with Gasteiger partial charge in [0.2, 0.25) is 0 Å². The fraction of sp³-hybridized carbons (Fsp3) is 0.258. The summed E-state index contributed by atoms with van der Waals surface area (Å²) in [6.07, 6.45) is 6.01. The van der Waals surface area contributed by atoms with Crippen LogP contribution < -0.4 is 5.32 Å². The van der Waals surface area contributed by atoms with E-state index in [1.54, 1.807) is 0 Å². The molecule has 1 amide bonds. The van der Waals surface area contributed by atoms with Crippen LogP contribution in [0.25, 0.3) is 16.9 Å². The van der Waals surface area contributed by atoms with Crippen molar-refractivity contribution in [2.75, 3.05) is 6.54 Å². The molecule has 0 unspecified atom stereocenters. The van der Waals surface area contributed by atoms with E-state index in [-0.39, 0.29) is 11.8 Å². The van der Waals surface area contributed by atoms with Crippen LogP contribution in [0, 0.1) is 0 Å². The molecule has 0 aliphatic heterocycles. The molecule has 1 aliphatic rings. The Balaban J connectivity index is 1.39. The third kappa shape index (κ3) is 4.70. The van der Waals surface area contributed by atoms with Crippen LogP contribution >= 0.6 is 0 Å². The summed E-state index contributed by atoms with van der Waals surface area (Å²) in [4.78, 5) is 12.8. The highest BCUT2D eigenvalue weighted by Gasteiger charge is 2.19. The number of aromatic nitrogens is 1. The predicted molar refractivity (Wildman–Crippen MR) is 140 cm³/mol. The lowest BCUT2D eigenvalue weighted by atomic mass is 10.0. The zero-order chi connectivity index (χ0) is 23.3. The van der Waals surface area contributed by atoms with Gasteiger partial charge in [-0.1, -0.05) is 74.0 Å². The zero-order valence-electron chi connectivity index (χ0n) is 19.8. The van der Waals surface area contributed by atoms with Gasteiger partial charge in [-0.15, -0.1) is 0 Å². The number of nitrogens with zero attached hydrogens (tertiary/aromatic N) is 1. The van der Waals surface area contributed by atoms with E-state index >= 15 is 0 Å². The monoisotopic (exact) mass is 448 g/mol. The molecular formula is C31H32N2O. The van der Waals surface area contributed by atoms with Crippen LogP contribution in [0.2, 0.25) is 0 Å². The number of hydrogen-bond donors (Lipinski definition) is 1. The summed E-state index contributed by atoms with van der Waals surface area (Å²) >= 11 is 0. The summed E-state index contributed by atoms with van der Waals surface area (Å²) in [7, 11) is 0. The number of carbonyl (C=O) groups is 1. The average Bonchev–Trinajstić information content (AvgIpc) is 3.10. The van der Waals surface area contributed by atoms with Gasteiger partial charge in [-0.2, -0.15) is 0 Å². The SMILES string of the molecule is C[C@@H](CNC(=O)c1ccc(-n2c(-c3ccccc3)cc3c2CCCCC3)cc1)c1ccccc1. The van der Waals surface area contributed by atoms with E-state index in [1.807, 2.05) is 30.3 Å². The Morgan fingerprint density at radius 3 is 2.26 bits per heavy atom. The lowest BCUT2D eigenvalue weighted by Crippen LogP contribution is -2.27. The Labute approximate surface area is 202 Å². The maximum absolute atomic E-state index is 12.8. The summed E-state index contributed by atoms with van der Waals surface area (Å²) < 4.78 is 2.41. The average molecular weight is 449 g/mol. The van der Waals surface area contributed by atoms with Gasteiger partial charge < -0.3 is 9.88 Å². The molecule has 1 aliphatic carbocycles. The van der Waals surface area contributed by atoms with Gasteiger partial charge in [-0.3, -0.25) is 4.79 Å². The lowest BCUT2D eigenvalue weighted by Gasteiger charge is -2.16. The molecule has 1 atom stereocenters. The Kier molecular flexibility index (Phi) is 6.62. The smallest absolute Gasteiger partial charge is 0.251 e. The van der Waals surface area contributed by atoms with E-state index < -0.39 is 0 Å². The number of rotatable bonds is 6. The van der Waals surface area contributed by atoms with Gasteiger partial charge in [0.1, 0.15) is 0 Å². The third-order valence-corrected chi connectivity index (χ3v) is 6.95. The summed E-state index contributed by atoms with van der Waals surface area (Å²) in [5.41, 5.74) is 8.41. The standard InChI is InChI=1S/C31H32N2O/c1-23(24-11-5-2-6-12-24)22-32-31(34)26-17-19-28(20-18-26)33-29-16-10-4-9-15-27(29)21-30(33)25-13-7-3-8-14-25/h2-3,5-8,11-14,17-21,23H,4,9-10,15-16,22H2,1H3,(H,32,34)/t23-/m0/s1. The molecule has 172 valence electrons. The van der Waals surface area contributed by atoms with Crippen LogP contribution in [0.5, 0.6) is 0 Å². The second-order valence-corrected chi connectivity index (χ2v) is 9.33. The predicted octanol–water partition coefficient (Wildman–Crippen LogP) is 6.95. The second-order valence-electron chi connectivity index (χ2n) is 9.33. The maximum Gasteiger partial charge on any atom is 0.251 e. The minimum absolute atomic E-state index is 0.0241. The molecule has 1 aromatic heterocycles. The minimum atomic E-state index is -0.0241. The normalized spacial score (nSPS) is 14.1. The van der Waals surface area contributed by atoms with E-state index in [4.69, 9.17) is 0 Å². The van der Waals surface area contributed by atoms with Crippen LogP contribution in [0.15, 0.2) is 91.0 Å². The number of nitrogens with one attached hydrogen (secondary N) is 1. The van der Waals surface area contributed by atoms with Gasteiger partial charge in [-0.05, 0) is 78.6 Å². The molecular weight excluding hydrogens is 416 g/mol. The van der Waals surface area contributed by atoms with Crippen molar-refractivity contribution in [1.82, 2.24) is 9.88 Å². The summed E-state index contributed by atoms with van der Waals surface area (Å²) in [5, 5.41) is 3.10. The van der Waals surface area contributed by atoms with E-state index in [1.165, 1.54) is 47.3 Å². The van der Waals surface area contributed by atoms with Crippen LogP contribution in [-0.4, -0.2) is 17.0 Å². The Bertz CT molecular complexity index is 1240. The van der Waals surface area contributed by atoms with E-state index in [2.05, 4.69) is 77.5 Å². The summed E-state index contributed by atoms with van der Waals surface area (Å²) in [6, 6.07) is 31.4. The Hall–Kier alpha value is -3.59. The Morgan fingerprint density at radius 2 is 1.53 bits per heavy atom. The van der Waals surface area contributed by atoms with Crippen molar-refractivity contribution in [3.05, 3.63) is 113 Å². The molecule has 34 heavy (non-hydrogen) atoms. The molecule has 3 heteroatoms. The van der Waals surface area contributed by atoms with Gasteiger partial charge in [0.05, 0.1) is 5.69 Å². The van der Waals surface area contributed by atoms with Crippen molar-refractivity contribution in [3.8, 4) is 16.9 Å². The highest BCUT2D eigenvalue weighted by atomic mass is 16.1. The quantitative estimate of drug-likeness (QED) is 0.318. The van der Waals surface area contributed by atoms with Crippen LogP contribution in [0.1, 0.15) is 59.3 Å². The van der Waals surface area contributed by atoms with Crippen LogP contribution in [0.3, 0.4) is 0 Å². The third-order valence-electron chi connectivity index (χ3n) is 6.95. The fourth-order valence-electron chi connectivity index (χ4n) is 5.00. The highest BCUT2D eigenvalue weighted by Crippen LogP contribution is 2.33. The minimum Gasteiger partial charge on any atom is -0.351 e. The molecule has 0 fully saturated rings. The lowest BCUT2D eigenvalue weighted by molar-refractivity contribution is 0.0951. The van der Waals surface area contributed by atoms with Crippen molar-refractivity contribution >= 4 is 5.91 Å². The van der Waals surface area contributed by atoms with Crippen molar-refractivity contribution < 1.29 is 4.79 Å². The number of carbonyl (C=O) groups excluding carboxylic acids is 1. The first kappa shape index (κ1) is 22.2. The van der Waals surface area contributed by atoms with E-state index in [0.29, 0.717) is 12.1 Å². The first-order valence-electron chi connectivity index (χ1n) is 12.4. The Morgan fingerprint density at radius 1 is 0.853 bits per heavy atom. The number of amides is 1. The van der Waals surface area contributed by atoms with Gasteiger partial charge in [0.25, 0.3) is 5.91 Å². The molecule has 0 radical (unpaired) electrons. The first-order chi connectivity index (χ1) is 16.7. The molecule has 5 rings (SSSR count). The summed E-state index contributed by atoms with van der Waals surface area (Å²) in [6.45, 7) is 2.76. The van der Waals surface area contributed by atoms with Crippen molar-refractivity contribution in [2.45, 2.75) is 44.9 Å². The van der Waals surface area contributed by atoms with Crippen LogP contribution in [0.4, 0.5) is 0 Å². The number of aryl methyl sites for hydroxylation is 1. The van der Waals surface area contributed by atoms with E-state index in [0.717, 1.165) is 18.5 Å². The maximum atomic E-state index is 12.8. The largest absolute Gasteiger partial charge is 0.351 e. The van der Waals surface area contributed by atoms with Gasteiger partial charge in [0, 0.05) is 23.5 Å². The molecule has 0 saturated carbocycles. The molecule has 4 aromatic rings. The molecule has 3 aromatic carbocycles. The number of hydrogen-bond acceptors (Lipinski definition) is 1. The molecule has 1 heterocycles. The fourth-order valence-corrected chi connectivity index (χ4v) is 5.00. The molecule has 0 spiro atoms. The molecule has 0 saturated heterocycles. The number of fused-ring (bicyclic) bond motifs is 1. The molecule has 1 N–H and O–H groups in total. The van der Waals surface area contributed by atoms with E-state index in [9.17, 15) is 4.79 Å². The van der Waals surface area contributed by atoms with Crippen molar-refractivity contribution in [3.63, 3.8) is 0 Å². The van der Waals surface area contributed by atoms with Crippen LogP contribution in [-0.2, 0) is 12.8 Å². The zero-order valence-corrected chi connectivity index (χ0v) is 19.8. The van der Waals surface area contributed by atoms with Gasteiger partial charge in [0.15, 0.2) is 0 Å². The van der Waals surface area contributed by atoms with Gasteiger partial charge >= 0.3 is 0 Å².